The molecule has 78 valence electrons. The van der Waals surface area contributed by atoms with Crippen LogP contribution in [0.1, 0.15) is 19.8 Å². The van der Waals surface area contributed by atoms with E-state index in [9.17, 15) is 0 Å². The van der Waals surface area contributed by atoms with Gasteiger partial charge in [0.2, 0.25) is 0 Å². The molecule has 4 heteroatoms. The highest BCUT2D eigenvalue weighted by molar-refractivity contribution is 5.50. The van der Waals surface area contributed by atoms with Crippen molar-refractivity contribution in [2.24, 2.45) is 0 Å². The molecule has 0 aromatic carbocycles. The van der Waals surface area contributed by atoms with E-state index < -0.39 is 0 Å². The molecule has 1 rings (SSSR count). The number of hydrogen-bond acceptors (Lipinski definition) is 4. The van der Waals surface area contributed by atoms with E-state index in [2.05, 4.69) is 17.2 Å². The zero-order valence-corrected chi connectivity index (χ0v) is 8.40. The fraction of sp³-hybridized carbons (Fsp3) is 0.500. The van der Waals surface area contributed by atoms with E-state index in [1.54, 1.807) is 12.3 Å². The highest BCUT2D eigenvalue weighted by Gasteiger charge is 2.04. The highest BCUT2D eigenvalue weighted by atomic mass is 16.3. The third kappa shape index (κ3) is 3.22. The average Bonchev–Trinajstić information content (AvgIpc) is 2.17. The lowest BCUT2D eigenvalue weighted by Crippen LogP contribution is -2.19. The third-order valence-electron chi connectivity index (χ3n) is 2.12. The lowest BCUT2D eigenvalue weighted by molar-refractivity contribution is 0.278. The van der Waals surface area contributed by atoms with Gasteiger partial charge in [-0.05, 0) is 18.9 Å². The molecular formula is C10H17N3O. The minimum atomic E-state index is 0.200. The molecule has 0 radical (unpaired) electrons. The van der Waals surface area contributed by atoms with Gasteiger partial charge in [0.15, 0.2) is 0 Å². The van der Waals surface area contributed by atoms with Crippen LogP contribution >= 0.6 is 0 Å². The molecule has 0 spiro atoms. The zero-order valence-electron chi connectivity index (χ0n) is 8.40. The second-order valence-electron chi connectivity index (χ2n) is 3.23. The number of pyridine rings is 1. The number of nitrogens with zero attached hydrogens (tertiary/aromatic N) is 1. The lowest BCUT2D eigenvalue weighted by Gasteiger charge is -2.16. The van der Waals surface area contributed by atoms with Gasteiger partial charge >= 0.3 is 0 Å². The van der Waals surface area contributed by atoms with Gasteiger partial charge in [-0.3, -0.25) is 0 Å². The first kappa shape index (κ1) is 10.8. The molecule has 14 heavy (non-hydrogen) atoms. The largest absolute Gasteiger partial charge is 0.396 e. The van der Waals surface area contributed by atoms with E-state index in [1.807, 2.05) is 6.07 Å². The minimum absolute atomic E-state index is 0.200. The first-order valence-corrected chi connectivity index (χ1v) is 4.85. The predicted molar refractivity (Wildman–Crippen MR) is 58.1 cm³/mol. The van der Waals surface area contributed by atoms with Crippen LogP contribution in [-0.4, -0.2) is 22.7 Å². The minimum Gasteiger partial charge on any atom is -0.396 e. The molecule has 1 aromatic rings. The summed E-state index contributed by atoms with van der Waals surface area (Å²) in [6, 6.07) is 3.96. The van der Waals surface area contributed by atoms with Gasteiger partial charge < -0.3 is 16.2 Å². The van der Waals surface area contributed by atoms with Crippen molar-refractivity contribution in [1.82, 2.24) is 4.98 Å². The molecule has 1 unspecified atom stereocenters. The summed E-state index contributed by atoms with van der Waals surface area (Å²) in [5.74, 6) is 0.508. The maximum absolute atomic E-state index is 8.82. The van der Waals surface area contributed by atoms with Gasteiger partial charge in [0.05, 0.1) is 0 Å². The normalized spacial score (nSPS) is 12.4. The fourth-order valence-electron chi connectivity index (χ4n) is 1.31. The number of aromatic nitrogens is 1. The molecule has 0 aliphatic heterocycles. The molecule has 0 saturated heterocycles. The number of aliphatic hydroxyl groups is 1. The average molecular weight is 195 g/mol. The van der Waals surface area contributed by atoms with E-state index in [1.165, 1.54) is 0 Å². The summed E-state index contributed by atoms with van der Waals surface area (Å²) in [4.78, 5) is 3.91. The second-order valence-corrected chi connectivity index (χ2v) is 3.23. The Hall–Kier alpha value is -1.29. The molecule has 0 fully saturated rings. The van der Waals surface area contributed by atoms with Crippen LogP contribution in [0.3, 0.4) is 0 Å². The predicted octanol–water partition coefficient (Wildman–Crippen LogP) is 1.24. The van der Waals surface area contributed by atoms with Crippen molar-refractivity contribution in [3.63, 3.8) is 0 Å². The summed E-state index contributed by atoms with van der Waals surface area (Å²) in [5.41, 5.74) is 6.51. The number of hydrogen-bond donors (Lipinski definition) is 3. The number of nitrogen functional groups attached to an aromatic ring is 1. The molecule has 0 bridgehead atoms. The smallest absolute Gasteiger partial charge is 0.125 e. The van der Waals surface area contributed by atoms with Crippen LogP contribution in [0.5, 0.6) is 0 Å². The number of anilines is 2. The van der Waals surface area contributed by atoms with Crippen molar-refractivity contribution < 1.29 is 5.11 Å². The zero-order chi connectivity index (χ0) is 10.4. The summed E-state index contributed by atoms with van der Waals surface area (Å²) < 4.78 is 0. The number of rotatable bonds is 5. The molecule has 0 aliphatic rings. The molecule has 4 N–H and O–H groups in total. The second kappa shape index (κ2) is 5.44. The summed E-state index contributed by atoms with van der Waals surface area (Å²) in [7, 11) is 0. The van der Waals surface area contributed by atoms with E-state index in [0.29, 0.717) is 11.9 Å². The SMILES string of the molecule is CCC(CCO)Nc1ccnc(N)c1. The van der Waals surface area contributed by atoms with Gasteiger partial charge in [-0.15, -0.1) is 0 Å². The maximum Gasteiger partial charge on any atom is 0.125 e. The van der Waals surface area contributed by atoms with Gasteiger partial charge in [-0.1, -0.05) is 6.92 Å². The van der Waals surface area contributed by atoms with Crippen molar-refractivity contribution >= 4 is 11.5 Å². The molecule has 0 amide bonds. The van der Waals surface area contributed by atoms with Crippen molar-refractivity contribution in [1.29, 1.82) is 0 Å². The topological polar surface area (TPSA) is 71.2 Å². The van der Waals surface area contributed by atoms with Gasteiger partial charge in [0, 0.05) is 30.6 Å². The van der Waals surface area contributed by atoms with Crippen LogP contribution in [0.15, 0.2) is 18.3 Å². The van der Waals surface area contributed by atoms with Gasteiger partial charge in [0.1, 0.15) is 5.82 Å². The first-order chi connectivity index (χ1) is 6.76. The van der Waals surface area contributed by atoms with Gasteiger partial charge in [0.25, 0.3) is 0 Å². The summed E-state index contributed by atoms with van der Waals surface area (Å²) in [6.45, 7) is 2.28. The van der Waals surface area contributed by atoms with E-state index >= 15 is 0 Å². The van der Waals surface area contributed by atoms with E-state index in [0.717, 1.165) is 18.5 Å². The van der Waals surface area contributed by atoms with Crippen molar-refractivity contribution in [2.75, 3.05) is 17.7 Å². The van der Waals surface area contributed by atoms with Crippen molar-refractivity contribution in [3.05, 3.63) is 18.3 Å². The maximum atomic E-state index is 8.82. The highest BCUT2D eigenvalue weighted by Crippen LogP contribution is 2.12. The Kier molecular flexibility index (Phi) is 4.19. The summed E-state index contributed by atoms with van der Waals surface area (Å²) >= 11 is 0. The van der Waals surface area contributed by atoms with E-state index in [4.69, 9.17) is 10.8 Å². The molecule has 4 nitrogen and oxygen atoms in total. The Bertz CT molecular complexity index is 278. The van der Waals surface area contributed by atoms with Crippen LogP contribution in [0, 0.1) is 0 Å². The molecular weight excluding hydrogens is 178 g/mol. The summed E-state index contributed by atoms with van der Waals surface area (Å²) in [5, 5.41) is 12.1. The first-order valence-electron chi connectivity index (χ1n) is 4.85. The molecule has 1 aromatic heterocycles. The molecule has 1 heterocycles. The van der Waals surface area contributed by atoms with Gasteiger partial charge in [-0.25, -0.2) is 4.98 Å². The Morgan fingerprint density at radius 1 is 1.64 bits per heavy atom. The van der Waals surface area contributed by atoms with Crippen LogP contribution in [0.2, 0.25) is 0 Å². The molecule has 0 saturated carbocycles. The lowest BCUT2D eigenvalue weighted by atomic mass is 10.1. The van der Waals surface area contributed by atoms with Crippen LogP contribution in [-0.2, 0) is 0 Å². The van der Waals surface area contributed by atoms with Crippen molar-refractivity contribution in [3.8, 4) is 0 Å². The Labute approximate surface area is 84.2 Å². The fourth-order valence-corrected chi connectivity index (χ4v) is 1.31. The number of nitrogens with one attached hydrogen (secondary N) is 1. The van der Waals surface area contributed by atoms with Crippen LogP contribution in [0.25, 0.3) is 0 Å². The standard InChI is InChI=1S/C10H17N3O/c1-2-8(4-6-14)13-9-3-5-12-10(11)7-9/h3,5,7-8,14H,2,4,6H2,1H3,(H3,11,12,13). The Morgan fingerprint density at radius 3 is 3.00 bits per heavy atom. The quantitative estimate of drug-likeness (QED) is 0.661. The van der Waals surface area contributed by atoms with Crippen LogP contribution < -0.4 is 11.1 Å². The van der Waals surface area contributed by atoms with Gasteiger partial charge in [-0.2, -0.15) is 0 Å². The third-order valence-corrected chi connectivity index (χ3v) is 2.12. The van der Waals surface area contributed by atoms with E-state index in [-0.39, 0.29) is 6.61 Å². The monoisotopic (exact) mass is 195 g/mol. The molecule has 1 atom stereocenters. The summed E-state index contributed by atoms with van der Waals surface area (Å²) in [6.07, 6.45) is 3.39. The molecule has 0 aliphatic carbocycles. The number of nitrogens with two attached hydrogens (primary N) is 1. The van der Waals surface area contributed by atoms with Crippen molar-refractivity contribution in [2.45, 2.75) is 25.8 Å². The van der Waals surface area contributed by atoms with Crippen LogP contribution in [0.4, 0.5) is 11.5 Å². The number of aliphatic hydroxyl groups excluding tert-OH is 1. The Morgan fingerprint density at radius 2 is 2.43 bits per heavy atom. The Balaban J connectivity index is 2.57.